The van der Waals surface area contributed by atoms with Gasteiger partial charge in [-0.15, -0.1) is 0 Å². The number of ether oxygens (including phenoxy) is 1. The first-order valence-electron chi connectivity index (χ1n) is 5.43. The van der Waals surface area contributed by atoms with Crippen molar-refractivity contribution >= 4 is 10.0 Å². The predicted octanol–water partition coefficient (Wildman–Crippen LogP) is -0.0863. The van der Waals surface area contributed by atoms with Gasteiger partial charge >= 0.3 is 0 Å². The van der Waals surface area contributed by atoms with Gasteiger partial charge in [0.1, 0.15) is 0 Å². The summed E-state index contributed by atoms with van der Waals surface area (Å²) in [5.41, 5.74) is 0.194. The summed E-state index contributed by atoms with van der Waals surface area (Å²) in [5.74, 6) is 0. The fourth-order valence-corrected chi connectivity index (χ4v) is 2.63. The normalized spacial score (nSPS) is 12.9. The van der Waals surface area contributed by atoms with Crippen molar-refractivity contribution in [2.24, 2.45) is 0 Å². The Kier molecular flexibility index (Phi) is 4.49. The van der Waals surface area contributed by atoms with Crippen molar-refractivity contribution in [2.75, 3.05) is 13.7 Å². The highest BCUT2D eigenvalue weighted by Crippen LogP contribution is 2.16. The third-order valence-corrected chi connectivity index (χ3v) is 4.06. The van der Waals surface area contributed by atoms with E-state index in [9.17, 15) is 8.42 Å². The molecule has 1 rings (SSSR count). The van der Waals surface area contributed by atoms with E-state index in [1.165, 1.54) is 7.11 Å². The molecule has 0 bridgehead atoms. The molecule has 1 aromatic heterocycles. The van der Waals surface area contributed by atoms with E-state index in [0.29, 0.717) is 5.69 Å². The molecule has 104 valence electrons. The maximum absolute atomic E-state index is 12.0. The number of aromatic amines is 1. The molecular formula is C10H19N3O4S. The number of methoxy groups -OCH3 is 1. The van der Waals surface area contributed by atoms with Crippen LogP contribution in [0.4, 0.5) is 0 Å². The van der Waals surface area contributed by atoms with E-state index in [0.717, 1.165) is 0 Å². The van der Waals surface area contributed by atoms with Gasteiger partial charge in [-0.2, -0.15) is 5.10 Å². The number of nitrogens with one attached hydrogen (secondary N) is 2. The number of aliphatic hydroxyl groups excluding tert-OH is 1. The lowest BCUT2D eigenvalue weighted by atomic mass is 10.1. The highest BCUT2D eigenvalue weighted by atomic mass is 32.2. The van der Waals surface area contributed by atoms with Gasteiger partial charge in [-0.25, -0.2) is 13.1 Å². The van der Waals surface area contributed by atoms with Gasteiger partial charge in [0.25, 0.3) is 10.0 Å². The molecule has 0 fully saturated rings. The van der Waals surface area contributed by atoms with Crippen LogP contribution in [0.5, 0.6) is 0 Å². The number of nitrogens with zero attached hydrogens (tertiary/aromatic N) is 1. The minimum Gasteiger partial charge on any atom is -0.392 e. The number of aryl methyl sites for hydroxylation is 1. The van der Waals surface area contributed by atoms with Crippen LogP contribution < -0.4 is 4.72 Å². The van der Waals surface area contributed by atoms with Gasteiger partial charge in [-0.3, -0.25) is 5.10 Å². The number of sulfonamides is 1. The molecule has 7 nitrogen and oxygen atoms in total. The zero-order valence-electron chi connectivity index (χ0n) is 10.9. The SMILES string of the molecule is COC(C)(C)CNS(=O)(=O)c1n[nH]c(C)c1CO. The summed E-state index contributed by atoms with van der Waals surface area (Å²) in [4.78, 5) is 0. The van der Waals surface area contributed by atoms with Crippen molar-refractivity contribution in [1.29, 1.82) is 0 Å². The average molecular weight is 277 g/mol. The molecule has 8 heteroatoms. The minimum absolute atomic E-state index is 0.114. The van der Waals surface area contributed by atoms with Crippen molar-refractivity contribution in [2.45, 2.75) is 38.0 Å². The van der Waals surface area contributed by atoms with Crippen molar-refractivity contribution in [3.05, 3.63) is 11.3 Å². The van der Waals surface area contributed by atoms with Crippen molar-refractivity contribution < 1.29 is 18.3 Å². The monoisotopic (exact) mass is 277 g/mol. The van der Waals surface area contributed by atoms with Crippen LogP contribution in [-0.4, -0.2) is 43.0 Å². The molecule has 3 N–H and O–H groups in total. The summed E-state index contributed by atoms with van der Waals surface area (Å²) in [6.45, 7) is 4.90. The first-order valence-corrected chi connectivity index (χ1v) is 6.91. The fraction of sp³-hybridized carbons (Fsp3) is 0.700. The van der Waals surface area contributed by atoms with Gasteiger partial charge in [-0.1, -0.05) is 0 Å². The van der Waals surface area contributed by atoms with Gasteiger partial charge in [0.15, 0.2) is 5.03 Å². The quantitative estimate of drug-likeness (QED) is 0.674. The van der Waals surface area contributed by atoms with Crippen molar-refractivity contribution in [3.8, 4) is 0 Å². The van der Waals surface area contributed by atoms with Crippen LogP contribution in [-0.2, 0) is 21.4 Å². The van der Waals surface area contributed by atoms with Gasteiger partial charge < -0.3 is 9.84 Å². The second kappa shape index (κ2) is 5.35. The zero-order valence-corrected chi connectivity index (χ0v) is 11.8. The molecule has 0 aromatic carbocycles. The van der Waals surface area contributed by atoms with E-state index >= 15 is 0 Å². The Morgan fingerprint density at radius 1 is 1.50 bits per heavy atom. The van der Waals surface area contributed by atoms with Gasteiger partial charge in [0.05, 0.1) is 12.2 Å². The van der Waals surface area contributed by atoms with Crippen LogP contribution in [0.3, 0.4) is 0 Å². The Morgan fingerprint density at radius 3 is 2.61 bits per heavy atom. The van der Waals surface area contributed by atoms with Crippen molar-refractivity contribution in [1.82, 2.24) is 14.9 Å². The number of aromatic nitrogens is 2. The molecule has 0 spiro atoms. The van der Waals surface area contributed by atoms with E-state index in [1.807, 2.05) is 0 Å². The van der Waals surface area contributed by atoms with Crippen LogP contribution in [0.15, 0.2) is 5.03 Å². The smallest absolute Gasteiger partial charge is 0.260 e. The highest BCUT2D eigenvalue weighted by Gasteiger charge is 2.26. The molecule has 0 saturated carbocycles. The molecule has 0 radical (unpaired) electrons. The van der Waals surface area contributed by atoms with Crippen LogP contribution in [0, 0.1) is 6.92 Å². The fourth-order valence-electron chi connectivity index (χ4n) is 1.25. The van der Waals surface area contributed by atoms with Gasteiger partial charge in [0, 0.05) is 24.9 Å². The molecule has 1 aromatic rings. The molecule has 0 aliphatic heterocycles. The Labute approximate surface area is 107 Å². The third kappa shape index (κ3) is 3.29. The number of hydrogen-bond acceptors (Lipinski definition) is 5. The van der Waals surface area contributed by atoms with Crippen LogP contribution >= 0.6 is 0 Å². The molecule has 1 heterocycles. The van der Waals surface area contributed by atoms with E-state index < -0.39 is 15.6 Å². The first-order chi connectivity index (χ1) is 8.23. The highest BCUT2D eigenvalue weighted by molar-refractivity contribution is 7.89. The second-order valence-corrected chi connectivity index (χ2v) is 6.26. The Morgan fingerprint density at radius 2 is 2.11 bits per heavy atom. The van der Waals surface area contributed by atoms with Gasteiger partial charge in [0.2, 0.25) is 0 Å². The van der Waals surface area contributed by atoms with E-state index in [4.69, 9.17) is 9.84 Å². The van der Waals surface area contributed by atoms with Crippen LogP contribution in [0.25, 0.3) is 0 Å². The molecule has 0 unspecified atom stereocenters. The summed E-state index contributed by atoms with van der Waals surface area (Å²) in [6.07, 6.45) is 0. The Balaban J connectivity index is 2.94. The van der Waals surface area contributed by atoms with E-state index in [1.54, 1.807) is 20.8 Å². The topological polar surface area (TPSA) is 104 Å². The summed E-state index contributed by atoms with van der Waals surface area (Å²) >= 11 is 0. The molecule has 0 amide bonds. The summed E-state index contributed by atoms with van der Waals surface area (Å²) in [6, 6.07) is 0. The number of aliphatic hydroxyl groups is 1. The zero-order chi connectivity index (χ0) is 14.0. The molecular weight excluding hydrogens is 258 g/mol. The number of H-pyrrole nitrogens is 1. The first kappa shape index (κ1) is 15.1. The minimum atomic E-state index is -3.76. The Bertz CT molecular complexity index is 507. The van der Waals surface area contributed by atoms with E-state index in [-0.39, 0.29) is 23.7 Å². The standard InChI is InChI=1S/C10H19N3O4S/c1-7-8(5-14)9(13-12-7)18(15,16)11-6-10(2,3)17-4/h11,14H,5-6H2,1-4H3,(H,12,13). The molecule has 0 saturated heterocycles. The lowest BCUT2D eigenvalue weighted by Crippen LogP contribution is -2.40. The van der Waals surface area contributed by atoms with Crippen LogP contribution in [0.2, 0.25) is 0 Å². The lowest BCUT2D eigenvalue weighted by Gasteiger charge is -2.22. The predicted molar refractivity (Wildman–Crippen MR) is 65.5 cm³/mol. The molecule has 18 heavy (non-hydrogen) atoms. The largest absolute Gasteiger partial charge is 0.392 e. The maximum Gasteiger partial charge on any atom is 0.260 e. The summed E-state index contributed by atoms with van der Waals surface area (Å²) < 4.78 is 31.6. The van der Waals surface area contributed by atoms with Crippen molar-refractivity contribution in [3.63, 3.8) is 0 Å². The van der Waals surface area contributed by atoms with Gasteiger partial charge in [-0.05, 0) is 20.8 Å². The number of hydrogen-bond donors (Lipinski definition) is 3. The molecule has 0 aliphatic carbocycles. The summed E-state index contributed by atoms with van der Waals surface area (Å²) in [5, 5.41) is 15.2. The molecule has 0 atom stereocenters. The summed E-state index contributed by atoms with van der Waals surface area (Å²) in [7, 11) is -2.25. The number of rotatable bonds is 6. The van der Waals surface area contributed by atoms with E-state index in [2.05, 4.69) is 14.9 Å². The third-order valence-electron chi connectivity index (χ3n) is 2.69. The Hall–Kier alpha value is -0.960. The average Bonchev–Trinajstić information content (AvgIpc) is 2.69. The second-order valence-electron chi connectivity index (χ2n) is 4.58. The van der Waals surface area contributed by atoms with Crippen LogP contribution in [0.1, 0.15) is 25.1 Å². The molecule has 0 aliphatic rings. The maximum atomic E-state index is 12.0. The lowest BCUT2D eigenvalue weighted by molar-refractivity contribution is 0.0276.